The third-order valence-corrected chi connectivity index (χ3v) is 4.22. The molecule has 0 fully saturated rings. The van der Waals surface area contributed by atoms with Crippen molar-refractivity contribution in [1.82, 2.24) is 14.9 Å². The standard InChI is InChI=1S/C15H20FN3S/c1-10(2)14-15(19(4)13(18-14)9-17-3)20-12-7-5-6-11(16)8-12/h5-8,10,17H,9H2,1-4H3. The number of nitrogens with one attached hydrogen (secondary N) is 1. The van der Waals surface area contributed by atoms with Crippen LogP contribution in [0.2, 0.25) is 0 Å². The Morgan fingerprint density at radius 2 is 2.15 bits per heavy atom. The molecule has 5 heteroatoms. The van der Waals surface area contributed by atoms with Crippen LogP contribution in [-0.4, -0.2) is 16.6 Å². The molecule has 0 unspecified atom stereocenters. The Morgan fingerprint density at radius 3 is 2.75 bits per heavy atom. The summed E-state index contributed by atoms with van der Waals surface area (Å²) in [6, 6.07) is 6.67. The second-order valence-corrected chi connectivity index (χ2v) is 6.08. The molecule has 0 atom stereocenters. The average Bonchev–Trinajstić information content (AvgIpc) is 2.69. The highest BCUT2D eigenvalue weighted by atomic mass is 32.2. The van der Waals surface area contributed by atoms with E-state index in [-0.39, 0.29) is 5.82 Å². The van der Waals surface area contributed by atoms with Crippen LogP contribution in [0.25, 0.3) is 0 Å². The van der Waals surface area contributed by atoms with Crippen molar-refractivity contribution < 1.29 is 4.39 Å². The second kappa shape index (κ2) is 6.41. The molecule has 0 spiro atoms. The van der Waals surface area contributed by atoms with Gasteiger partial charge in [-0.25, -0.2) is 9.37 Å². The first-order valence-electron chi connectivity index (χ1n) is 6.66. The molecule has 1 aromatic carbocycles. The summed E-state index contributed by atoms with van der Waals surface area (Å²) < 4.78 is 15.4. The van der Waals surface area contributed by atoms with Crippen LogP contribution in [0.5, 0.6) is 0 Å². The Morgan fingerprint density at radius 1 is 1.40 bits per heavy atom. The minimum Gasteiger partial charge on any atom is -0.325 e. The molecule has 0 amide bonds. The van der Waals surface area contributed by atoms with Gasteiger partial charge in [-0.15, -0.1) is 0 Å². The third kappa shape index (κ3) is 3.22. The largest absolute Gasteiger partial charge is 0.325 e. The molecule has 3 nitrogen and oxygen atoms in total. The highest BCUT2D eigenvalue weighted by Crippen LogP contribution is 2.34. The highest BCUT2D eigenvalue weighted by Gasteiger charge is 2.18. The fourth-order valence-electron chi connectivity index (χ4n) is 2.01. The number of aromatic nitrogens is 2. The van der Waals surface area contributed by atoms with Crippen LogP contribution in [0.15, 0.2) is 34.2 Å². The van der Waals surface area contributed by atoms with Crippen LogP contribution in [-0.2, 0) is 13.6 Å². The number of rotatable bonds is 5. The van der Waals surface area contributed by atoms with E-state index in [1.165, 1.54) is 6.07 Å². The van der Waals surface area contributed by atoms with Gasteiger partial charge in [-0.2, -0.15) is 0 Å². The van der Waals surface area contributed by atoms with Crippen LogP contribution >= 0.6 is 11.8 Å². The van der Waals surface area contributed by atoms with Gasteiger partial charge in [0.15, 0.2) is 0 Å². The van der Waals surface area contributed by atoms with E-state index < -0.39 is 0 Å². The summed E-state index contributed by atoms with van der Waals surface area (Å²) in [5, 5.41) is 4.20. The average molecular weight is 293 g/mol. The molecule has 0 aliphatic rings. The Hall–Kier alpha value is -1.33. The molecule has 0 aliphatic heterocycles. The lowest BCUT2D eigenvalue weighted by Gasteiger charge is -2.08. The van der Waals surface area contributed by atoms with Crippen molar-refractivity contribution in [3.05, 3.63) is 41.6 Å². The van der Waals surface area contributed by atoms with Crippen molar-refractivity contribution in [2.75, 3.05) is 7.05 Å². The van der Waals surface area contributed by atoms with E-state index in [0.29, 0.717) is 5.92 Å². The van der Waals surface area contributed by atoms with Gasteiger partial charge in [0.1, 0.15) is 16.7 Å². The Bertz CT molecular complexity index is 593. The molecule has 0 aliphatic carbocycles. The predicted octanol–water partition coefficient (Wildman–Crippen LogP) is 3.55. The van der Waals surface area contributed by atoms with Crippen molar-refractivity contribution in [2.45, 2.75) is 36.2 Å². The van der Waals surface area contributed by atoms with Gasteiger partial charge in [0.05, 0.1) is 12.2 Å². The Balaban J connectivity index is 2.39. The molecule has 0 saturated carbocycles. The lowest BCUT2D eigenvalue weighted by molar-refractivity contribution is 0.624. The predicted molar refractivity (Wildman–Crippen MR) is 80.6 cm³/mol. The minimum atomic E-state index is -0.210. The van der Waals surface area contributed by atoms with Gasteiger partial charge in [0.25, 0.3) is 0 Å². The van der Waals surface area contributed by atoms with Gasteiger partial charge in [-0.1, -0.05) is 31.7 Å². The smallest absolute Gasteiger partial charge is 0.124 e. The zero-order valence-electron chi connectivity index (χ0n) is 12.3. The topological polar surface area (TPSA) is 29.9 Å². The van der Waals surface area contributed by atoms with E-state index >= 15 is 0 Å². The van der Waals surface area contributed by atoms with Crippen molar-refractivity contribution in [3.8, 4) is 0 Å². The van der Waals surface area contributed by atoms with Gasteiger partial charge in [0, 0.05) is 11.9 Å². The van der Waals surface area contributed by atoms with E-state index in [4.69, 9.17) is 4.98 Å². The normalized spacial score (nSPS) is 11.3. The maximum atomic E-state index is 13.3. The van der Waals surface area contributed by atoms with Crippen molar-refractivity contribution in [3.63, 3.8) is 0 Å². The highest BCUT2D eigenvalue weighted by molar-refractivity contribution is 7.99. The summed E-state index contributed by atoms with van der Waals surface area (Å²) in [7, 11) is 3.91. The quantitative estimate of drug-likeness (QED) is 0.914. The molecule has 1 N–H and O–H groups in total. The Labute approximate surface area is 123 Å². The van der Waals surface area contributed by atoms with E-state index in [9.17, 15) is 4.39 Å². The molecule has 2 aromatic rings. The van der Waals surface area contributed by atoms with Crippen LogP contribution in [0.1, 0.15) is 31.3 Å². The van der Waals surface area contributed by atoms with Gasteiger partial charge in [-0.3, -0.25) is 0 Å². The molecule has 2 rings (SSSR count). The summed E-state index contributed by atoms with van der Waals surface area (Å²) in [4.78, 5) is 5.60. The number of imidazole rings is 1. The van der Waals surface area contributed by atoms with E-state index in [0.717, 1.165) is 28.0 Å². The summed E-state index contributed by atoms with van der Waals surface area (Å²) in [5.41, 5.74) is 1.06. The number of nitrogens with zero attached hydrogens (tertiary/aromatic N) is 2. The van der Waals surface area contributed by atoms with Crippen LogP contribution in [0.3, 0.4) is 0 Å². The fraction of sp³-hybridized carbons (Fsp3) is 0.400. The van der Waals surface area contributed by atoms with E-state index in [2.05, 4.69) is 23.7 Å². The van der Waals surface area contributed by atoms with E-state index in [1.807, 2.05) is 20.2 Å². The Kier molecular flexibility index (Phi) is 4.83. The van der Waals surface area contributed by atoms with Crippen molar-refractivity contribution in [2.24, 2.45) is 7.05 Å². The maximum absolute atomic E-state index is 13.3. The molecular formula is C15H20FN3S. The molecule has 0 radical (unpaired) electrons. The van der Waals surface area contributed by atoms with Crippen LogP contribution < -0.4 is 5.32 Å². The van der Waals surface area contributed by atoms with Crippen LogP contribution in [0.4, 0.5) is 4.39 Å². The zero-order chi connectivity index (χ0) is 14.7. The summed E-state index contributed by atoms with van der Waals surface area (Å²) in [5.74, 6) is 1.12. The third-order valence-electron chi connectivity index (χ3n) is 3.05. The monoisotopic (exact) mass is 293 g/mol. The SMILES string of the molecule is CNCc1nc(C(C)C)c(Sc2cccc(F)c2)n1C. The molecule has 0 bridgehead atoms. The van der Waals surface area contributed by atoms with Gasteiger partial charge in [-0.05, 0) is 31.2 Å². The number of benzene rings is 1. The molecule has 1 aromatic heterocycles. The number of halogens is 1. The first kappa shape index (κ1) is 15.1. The summed E-state index contributed by atoms with van der Waals surface area (Å²) in [6.07, 6.45) is 0. The van der Waals surface area contributed by atoms with Crippen molar-refractivity contribution in [1.29, 1.82) is 0 Å². The summed E-state index contributed by atoms with van der Waals surface area (Å²) in [6.45, 7) is 4.97. The molecule has 20 heavy (non-hydrogen) atoms. The zero-order valence-corrected chi connectivity index (χ0v) is 13.1. The molecular weight excluding hydrogens is 273 g/mol. The molecule has 108 valence electrons. The minimum absolute atomic E-state index is 0.210. The second-order valence-electron chi connectivity index (χ2n) is 5.02. The lowest BCUT2D eigenvalue weighted by Crippen LogP contribution is -2.10. The van der Waals surface area contributed by atoms with Gasteiger partial charge < -0.3 is 9.88 Å². The first-order valence-corrected chi connectivity index (χ1v) is 7.48. The maximum Gasteiger partial charge on any atom is 0.124 e. The van der Waals surface area contributed by atoms with Gasteiger partial charge >= 0.3 is 0 Å². The molecule has 0 saturated heterocycles. The number of hydrogen-bond acceptors (Lipinski definition) is 3. The van der Waals surface area contributed by atoms with Gasteiger partial charge in [0.2, 0.25) is 0 Å². The number of hydrogen-bond donors (Lipinski definition) is 1. The lowest BCUT2D eigenvalue weighted by atomic mass is 10.2. The van der Waals surface area contributed by atoms with E-state index in [1.54, 1.807) is 23.9 Å². The van der Waals surface area contributed by atoms with Crippen molar-refractivity contribution >= 4 is 11.8 Å². The van der Waals surface area contributed by atoms with Crippen LogP contribution in [0, 0.1) is 5.82 Å². The fourth-order valence-corrected chi connectivity index (χ4v) is 3.18. The first-order chi connectivity index (χ1) is 9.52. The summed E-state index contributed by atoms with van der Waals surface area (Å²) >= 11 is 1.56. The molecule has 1 heterocycles.